The molecule has 0 aliphatic carbocycles. The van der Waals surface area contributed by atoms with Gasteiger partial charge in [-0.1, -0.05) is 13.8 Å². The third kappa shape index (κ3) is 3.86. The Balaban J connectivity index is 2.14. The van der Waals surface area contributed by atoms with Crippen LogP contribution in [-0.2, 0) is 0 Å². The summed E-state index contributed by atoms with van der Waals surface area (Å²) in [5.74, 6) is 0.292. The van der Waals surface area contributed by atoms with Gasteiger partial charge in [-0.15, -0.1) is 11.3 Å². The van der Waals surface area contributed by atoms with Gasteiger partial charge >= 0.3 is 0 Å². The van der Waals surface area contributed by atoms with E-state index in [-0.39, 0.29) is 18.1 Å². The molecule has 1 fully saturated rings. The molecule has 1 aromatic heterocycles. The molecule has 2 rings (SSSR count). The number of thiazole rings is 1. The van der Waals surface area contributed by atoms with E-state index in [1.165, 1.54) is 11.3 Å². The molecule has 6 heteroatoms. The van der Waals surface area contributed by atoms with Crippen LogP contribution in [0.25, 0.3) is 0 Å². The first-order valence-corrected chi connectivity index (χ1v) is 8.78. The minimum atomic E-state index is -0.285. The summed E-state index contributed by atoms with van der Waals surface area (Å²) in [6.07, 6.45) is 2.37. The van der Waals surface area contributed by atoms with Gasteiger partial charge in [0.25, 0.3) is 5.91 Å². The van der Waals surface area contributed by atoms with Gasteiger partial charge in [-0.05, 0) is 33.2 Å². The first-order chi connectivity index (χ1) is 10.4. The summed E-state index contributed by atoms with van der Waals surface area (Å²) in [6, 6.07) is 0. The van der Waals surface area contributed by atoms with E-state index in [0.717, 1.165) is 36.6 Å². The number of piperidine rings is 1. The molecule has 0 unspecified atom stereocenters. The Morgan fingerprint density at radius 3 is 2.59 bits per heavy atom. The Kier molecular flexibility index (Phi) is 5.58. The highest BCUT2D eigenvalue weighted by Gasteiger charge is 2.35. The largest absolute Gasteiger partial charge is 0.396 e. The van der Waals surface area contributed by atoms with Crippen molar-refractivity contribution in [3.63, 3.8) is 0 Å². The SMILES string of the molecule is Cc1nc(C(C)C)sc1C(=O)NC1(CCO)CCN(C)CC1. The summed E-state index contributed by atoms with van der Waals surface area (Å²) in [5, 5.41) is 13.6. The van der Waals surface area contributed by atoms with Crippen LogP contribution >= 0.6 is 11.3 Å². The molecule has 1 aromatic rings. The molecule has 1 saturated heterocycles. The number of rotatable bonds is 5. The number of carbonyl (C=O) groups excluding carboxylic acids is 1. The van der Waals surface area contributed by atoms with Gasteiger partial charge in [0.1, 0.15) is 4.88 Å². The quantitative estimate of drug-likeness (QED) is 0.870. The zero-order valence-corrected chi connectivity index (χ0v) is 14.8. The molecule has 0 radical (unpaired) electrons. The topological polar surface area (TPSA) is 65.5 Å². The number of aliphatic hydroxyl groups excluding tert-OH is 1. The molecule has 0 spiro atoms. The number of nitrogens with zero attached hydrogens (tertiary/aromatic N) is 2. The number of nitrogens with one attached hydrogen (secondary N) is 1. The van der Waals surface area contributed by atoms with Gasteiger partial charge in [0.2, 0.25) is 0 Å². The average molecular weight is 325 g/mol. The van der Waals surface area contributed by atoms with Crippen LogP contribution in [0.15, 0.2) is 0 Å². The molecule has 1 aliphatic rings. The Labute approximate surface area is 136 Å². The van der Waals surface area contributed by atoms with Crippen LogP contribution in [0.2, 0.25) is 0 Å². The van der Waals surface area contributed by atoms with Crippen LogP contribution in [0.1, 0.15) is 59.4 Å². The molecule has 124 valence electrons. The lowest BCUT2D eigenvalue weighted by Gasteiger charge is -2.41. The molecule has 0 atom stereocenters. The van der Waals surface area contributed by atoms with Crippen molar-refractivity contribution in [1.29, 1.82) is 0 Å². The van der Waals surface area contributed by atoms with Crippen molar-refractivity contribution in [2.45, 2.75) is 51.5 Å². The molecule has 0 aromatic carbocycles. The van der Waals surface area contributed by atoms with Crippen LogP contribution in [0.3, 0.4) is 0 Å². The third-order valence-corrected chi connectivity index (χ3v) is 5.88. The summed E-state index contributed by atoms with van der Waals surface area (Å²) in [4.78, 5) is 20.2. The number of hydrogen-bond donors (Lipinski definition) is 2. The fourth-order valence-corrected chi connectivity index (χ4v) is 3.84. The maximum absolute atomic E-state index is 12.7. The van der Waals surface area contributed by atoms with Crippen LogP contribution < -0.4 is 5.32 Å². The van der Waals surface area contributed by atoms with Crippen molar-refractivity contribution < 1.29 is 9.90 Å². The Bertz CT molecular complexity index is 519. The number of likely N-dealkylation sites (tertiary alicyclic amines) is 1. The van der Waals surface area contributed by atoms with Crippen molar-refractivity contribution >= 4 is 17.2 Å². The molecular formula is C16H27N3O2S. The number of aromatic nitrogens is 1. The van der Waals surface area contributed by atoms with E-state index in [9.17, 15) is 9.90 Å². The summed E-state index contributed by atoms with van der Waals surface area (Å²) in [7, 11) is 2.09. The predicted molar refractivity (Wildman–Crippen MR) is 89.6 cm³/mol. The van der Waals surface area contributed by atoms with E-state index in [1.807, 2.05) is 6.92 Å². The molecule has 2 N–H and O–H groups in total. The highest BCUT2D eigenvalue weighted by molar-refractivity contribution is 7.13. The lowest BCUT2D eigenvalue weighted by molar-refractivity contribution is 0.0781. The summed E-state index contributed by atoms with van der Waals surface area (Å²) in [6.45, 7) is 8.06. The standard InChI is InChI=1S/C16H27N3O2S/c1-11(2)15-17-12(3)13(22-15)14(21)18-16(7-10-20)5-8-19(4)9-6-16/h11,20H,5-10H2,1-4H3,(H,18,21). The van der Waals surface area contributed by atoms with E-state index in [0.29, 0.717) is 17.2 Å². The van der Waals surface area contributed by atoms with Gasteiger partial charge in [0.15, 0.2) is 0 Å². The molecule has 0 bridgehead atoms. The predicted octanol–water partition coefficient (Wildman–Crippen LogP) is 2.15. The van der Waals surface area contributed by atoms with Crippen molar-refractivity contribution in [3.8, 4) is 0 Å². The minimum absolute atomic E-state index is 0.0418. The second-order valence-corrected chi connectivity index (χ2v) is 7.66. The second kappa shape index (κ2) is 7.06. The minimum Gasteiger partial charge on any atom is -0.396 e. The first kappa shape index (κ1) is 17.4. The van der Waals surface area contributed by atoms with Crippen LogP contribution in [-0.4, -0.2) is 53.2 Å². The second-order valence-electron chi connectivity index (χ2n) is 6.63. The smallest absolute Gasteiger partial charge is 0.263 e. The first-order valence-electron chi connectivity index (χ1n) is 7.96. The summed E-state index contributed by atoms with van der Waals surface area (Å²) < 4.78 is 0. The highest BCUT2D eigenvalue weighted by Crippen LogP contribution is 2.28. The third-order valence-electron chi connectivity index (χ3n) is 4.43. The van der Waals surface area contributed by atoms with E-state index in [4.69, 9.17) is 0 Å². The van der Waals surface area contributed by atoms with Crippen molar-refractivity contribution in [2.24, 2.45) is 0 Å². The fourth-order valence-electron chi connectivity index (χ4n) is 2.87. The Hall–Kier alpha value is -0.980. The van der Waals surface area contributed by atoms with E-state index < -0.39 is 0 Å². The number of aliphatic hydroxyl groups is 1. The van der Waals surface area contributed by atoms with Crippen molar-refractivity contribution in [2.75, 3.05) is 26.7 Å². The number of aryl methyl sites for hydroxylation is 1. The maximum atomic E-state index is 12.7. The average Bonchev–Trinajstić information content (AvgIpc) is 2.85. The van der Waals surface area contributed by atoms with Crippen molar-refractivity contribution in [1.82, 2.24) is 15.2 Å². The molecule has 1 amide bonds. The van der Waals surface area contributed by atoms with Crippen LogP contribution in [0.5, 0.6) is 0 Å². The molecular weight excluding hydrogens is 298 g/mol. The van der Waals surface area contributed by atoms with Crippen molar-refractivity contribution in [3.05, 3.63) is 15.6 Å². The zero-order valence-electron chi connectivity index (χ0n) is 14.0. The van der Waals surface area contributed by atoms with Crippen LogP contribution in [0.4, 0.5) is 0 Å². The lowest BCUT2D eigenvalue weighted by Crippen LogP contribution is -2.55. The highest BCUT2D eigenvalue weighted by atomic mass is 32.1. The van der Waals surface area contributed by atoms with Gasteiger partial charge in [-0.25, -0.2) is 4.98 Å². The normalized spacial score (nSPS) is 18.6. The fraction of sp³-hybridized carbons (Fsp3) is 0.750. The number of amides is 1. The van der Waals surface area contributed by atoms with Crippen LogP contribution in [0, 0.1) is 6.92 Å². The van der Waals surface area contributed by atoms with Gasteiger partial charge in [0.05, 0.1) is 10.7 Å². The molecule has 22 heavy (non-hydrogen) atoms. The molecule has 1 aliphatic heterocycles. The summed E-state index contributed by atoms with van der Waals surface area (Å²) >= 11 is 1.49. The van der Waals surface area contributed by atoms with Gasteiger partial charge in [-0.3, -0.25) is 4.79 Å². The van der Waals surface area contributed by atoms with Gasteiger partial charge in [-0.2, -0.15) is 0 Å². The number of carbonyl (C=O) groups is 1. The van der Waals surface area contributed by atoms with Gasteiger partial charge in [0, 0.05) is 31.2 Å². The maximum Gasteiger partial charge on any atom is 0.263 e. The van der Waals surface area contributed by atoms with Gasteiger partial charge < -0.3 is 15.3 Å². The van der Waals surface area contributed by atoms with E-state index in [1.54, 1.807) is 0 Å². The number of hydrogen-bond acceptors (Lipinski definition) is 5. The Morgan fingerprint density at radius 1 is 1.45 bits per heavy atom. The Morgan fingerprint density at radius 2 is 2.09 bits per heavy atom. The van der Waals surface area contributed by atoms with E-state index >= 15 is 0 Å². The molecule has 0 saturated carbocycles. The molecule has 2 heterocycles. The molecule has 5 nitrogen and oxygen atoms in total. The lowest BCUT2D eigenvalue weighted by atomic mass is 9.84. The monoisotopic (exact) mass is 325 g/mol. The summed E-state index contributed by atoms with van der Waals surface area (Å²) in [5.41, 5.74) is 0.519. The zero-order chi connectivity index (χ0) is 16.3. The van der Waals surface area contributed by atoms with E-state index in [2.05, 4.69) is 36.1 Å².